The quantitative estimate of drug-likeness (QED) is 0.669. The van der Waals surface area contributed by atoms with Crippen LogP contribution in [0.15, 0.2) is 30.3 Å². The molecule has 1 aromatic heterocycles. The van der Waals surface area contributed by atoms with Gasteiger partial charge in [0.2, 0.25) is 5.91 Å². The lowest BCUT2D eigenvalue weighted by molar-refractivity contribution is -0.122. The Kier molecular flexibility index (Phi) is 7.39. The number of benzene rings is 1. The predicted octanol–water partition coefficient (Wildman–Crippen LogP) is 4.72. The van der Waals surface area contributed by atoms with Crippen molar-refractivity contribution >= 4 is 40.6 Å². The number of fused-ring (bicyclic) bond motifs is 1. The zero-order chi connectivity index (χ0) is 21.7. The van der Waals surface area contributed by atoms with Gasteiger partial charge in [-0.05, 0) is 68.1 Å². The van der Waals surface area contributed by atoms with E-state index in [2.05, 4.69) is 34.7 Å². The van der Waals surface area contributed by atoms with Crippen LogP contribution in [0, 0.1) is 0 Å². The molecule has 0 bridgehead atoms. The molecule has 0 aliphatic carbocycles. The Hall–Kier alpha value is -2.09. The van der Waals surface area contributed by atoms with Gasteiger partial charge in [-0.2, -0.15) is 0 Å². The third-order valence-corrected chi connectivity index (χ3v) is 6.82. The van der Waals surface area contributed by atoms with Crippen LogP contribution in [-0.4, -0.2) is 42.6 Å². The van der Waals surface area contributed by atoms with Crippen molar-refractivity contribution in [3.63, 3.8) is 0 Å². The summed E-state index contributed by atoms with van der Waals surface area (Å²) in [6.07, 6.45) is 2.17. The molecule has 8 heteroatoms. The summed E-state index contributed by atoms with van der Waals surface area (Å²) in [5.74, 6) is -0.251. The largest absolute Gasteiger partial charge is 0.414 e. The van der Waals surface area contributed by atoms with E-state index in [0.29, 0.717) is 22.2 Å². The molecular formula is C22H28ClN3O3S. The molecule has 2 N–H and O–H groups in total. The van der Waals surface area contributed by atoms with E-state index in [1.807, 2.05) is 19.9 Å². The topological polar surface area (TPSA) is 70.7 Å². The number of halogens is 1. The molecule has 1 aromatic carbocycles. The normalized spacial score (nSPS) is 14.5. The molecule has 1 aliphatic heterocycles. The van der Waals surface area contributed by atoms with E-state index >= 15 is 0 Å². The predicted molar refractivity (Wildman–Crippen MR) is 122 cm³/mol. The third-order valence-electron chi connectivity index (χ3n) is 5.71. The SMILES string of the molecule is CCC(CC)(NC(=O)Oc1ccc(Cl)s1)C(=O)Nc1ccc2c(c1)CCN(C)CC2. The van der Waals surface area contributed by atoms with E-state index in [1.165, 1.54) is 11.1 Å². The highest BCUT2D eigenvalue weighted by Gasteiger charge is 2.37. The summed E-state index contributed by atoms with van der Waals surface area (Å²) in [7, 11) is 2.13. The first kappa shape index (κ1) is 22.6. The summed E-state index contributed by atoms with van der Waals surface area (Å²) < 4.78 is 5.82. The molecule has 2 aromatic rings. The van der Waals surface area contributed by atoms with E-state index < -0.39 is 11.6 Å². The van der Waals surface area contributed by atoms with Gasteiger partial charge >= 0.3 is 6.09 Å². The van der Waals surface area contributed by atoms with Gasteiger partial charge in [0.1, 0.15) is 5.54 Å². The minimum absolute atomic E-state index is 0.251. The Morgan fingerprint density at radius 1 is 1.13 bits per heavy atom. The fourth-order valence-electron chi connectivity index (χ4n) is 3.63. The number of thiophene rings is 1. The van der Waals surface area contributed by atoms with Crippen LogP contribution < -0.4 is 15.4 Å². The van der Waals surface area contributed by atoms with Gasteiger partial charge in [-0.15, -0.1) is 0 Å². The molecule has 6 nitrogen and oxygen atoms in total. The van der Waals surface area contributed by atoms with Crippen LogP contribution in [0.25, 0.3) is 0 Å². The fraction of sp³-hybridized carbons (Fsp3) is 0.455. The van der Waals surface area contributed by atoms with E-state index in [4.69, 9.17) is 16.3 Å². The van der Waals surface area contributed by atoms with Crippen LogP contribution in [0.1, 0.15) is 37.8 Å². The zero-order valence-corrected chi connectivity index (χ0v) is 19.2. The van der Waals surface area contributed by atoms with Gasteiger partial charge in [-0.3, -0.25) is 4.79 Å². The third kappa shape index (κ3) is 5.33. The van der Waals surface area contributed by atoms with Crippen molar-refractivity contribution in [3.05, 3.63) is 45.8 Å². The van der Waals surface area contributed by atoms with Crippen LogP contribution in [0.4, 0.5) is 10.5 Å². The second-order valence-electron chi connectivity index (χ2n) is 7.60. The van der Waals surface area contributed by atoms with Crippen LogP contribution in [0.2, 0.25) is 4.34 Å². The second kappa shape index (κ2) is 9.81. The lowest BCUT2D eigenvalue weighted by Gasteiger charge is -2.30. The maximum atomic E-state index is 13.2. The van der Waals surface area contributed by atoms with Gasteiger partial charge in [0, 0.05) is 18.8 Å². The highest BCUT2D eigenvalue weighted by Crippen LogP contribution is 2.29. The van der Waals surface area contributed by atoms with Crippen molar-refractivity contribution in [1.29, 1.82) is 0 Å². The maximum Gasteiger partial charge on any atom is 0.414 e. The van der Waals surface area contributed by atoms with Gasteiger partial charge in [-0.1, -0.05) is 42.9 Å². The number of rotatable bonds is 6. The molecule has 0 atom stereocenters. The molecule has 3 rings (SSSR count). The maximum absolute atomic E-state index is 13.2. The number of anilines is 1. The van der Waals surface area contributed by atoms with Crippen molar-refractivity contribution in [2.75, 3.05) is 25.5 Å². The van der Waals surface area contributed by atoms with Crippen molar-refractivity contribution in [2.45, 2.75) is 45.1 Å². The number of carbonyl (C=O) groups is 2. The van der Waals surface area contributed by atoms with Crippen molar-refractivity contribution in [2.24, 2.45) is 0 Å². The molecule has 162 valence electrons. The number of ether oxygens (including phenoxy) is 1. The fourth-order valence-corrected chi connectivity index (χ4v) is 4.51. The Bertz CT molecular complexity index is 911. The Morgan fingerprint density at radius 2 is 1.83 bits per heavy atom. The first-order valence-corrected chi connectivity index (χ1v) is 11.4. The number of amides is 2. The van der Waals surface area contributed by atoms with E-state index in [0.717, 1.165) is 43.0 Å². The Balaban J connectivity index is 1.71. The van der Waals surface area contributed by atoms with Crippen LogP contribution in [0.5, 0.6) is 5.06 Å². The van der Waals surface area contributed by atoms with Crippen molar-refractivity contribution < 1.29 is 14.3 Å². The summed E-state index contributed by atoms with van der Waals surface area (Å²) in [5.41, 5.74) is 2.27. The van der Waals surface area contributed by atoms with E-state index in [-0.39, 0.29) is 5.91 Å². The lowest BCUT2D eigenvalue weighted by Crippen LogP contribution is -2.56. The molecule has 0 unspecified atom stereocenters. The second-order valence-corrected chi connectivity index (χ2v) is 9.28. The van der Waals surface area contributed by atoms with Gasteiger partial charge in [0.25, 0.3) is 0 Å². The molecule has 0 saturated carbocycles. The minimum atomic E-state index is -1.06. The molecule has 0 saturated heterocycles. The number of nitrogens with zero attached hydrogens (tertiary/aromatic N) is 1. The monoisotopic (exact) mass is 449 g/mol. The highest BCUT2D eigenvalue weighted by atomic mass is 35.5. The lowest BCUT2D eigenvalue weighted by atomic mass is 9.91. The molecule has 2 amide bonds. The average molecular weight is 450 g/mol. The van der Waals surface area contributed by atoms with E-state index in [9.17, 15) is 9.59 Å². The van der Waals surface area contributed by atoms with Gasteiger partial charge < -0.3 is 20.3 Å². The Morgan fingerprint density at radius 3 is 2.47 bits per heavy atom. The molecule has 30 heavy (non-hydrogen) atoms. The molecule has 0 spiro atoms. The number of carbonyl (C=O) groups excluding carboxylic acids is 2. The summed E-state index contributed by atoms with van der Waals surface area (Å²) in [4.78, 5) is 27.9. The highest BCUT2D eigenvalue weighted by molar-refractivity contribution is 7.17. The number of hydrogen-bond acceptors (Lipinski definition) is 5. The summed E-state index contributed by atoms with van der Waals surface area (Å²) in [5, 5.41) is 6.15. The first-order chi connectivity index (χ1) is 14.3. The zero-order valence-electron chi connectivity index (χ0n) is 17.6. The summed E-state index contributed by atoms with van der Waals surface area (Å²) >= 11 is 7.04. The minimum Gasteiger partial charge on any atom is -0.399 e. The number of hydrogen-bond donors (Lipinski definition) is 2. The summed E-state index contributed by atoms with van der Waals surface area (Å²) in [6, 6.07) is 9.36. The molecule has 2 heterocycles. The van der Waals surface area contributed by atoms with Crippen molar-refractivity contribution in [1.82, 2.24) is 10.2 Å². The van der Waals surface area contributed by atoms with Crippen LogP contribution in [-0.2, 0) is 17.6 Å². The van der Waals surface area contributed by atoms with Gasteiger partial charge in [0.05, 0.1) is 4.34 Å². The van der Waals surface area contributed by atoms with Gasteiger partial charge in [-0.25, -0.2) is 4.79 Å². The summed E-state index contributed by atoms with van der Waals surface area (Å²) in [6.45, 7) is 5.78. The van der Waals surface area contributed by atoms with Crippen LogP contribution in [0.3, 0.4) is 0 Å². The van der Waals surface area contributed by atoms with Crippen molar-refractivity contribution in [3.8, 4) is 5.06 Å². The smallest absolute Gasteiger partial charge is 0.399 e. The standard InChI is InChI=1S/C22H28ClN3O3S/c1-4-22(5-2,25-21(28)29-19-9-8-18(23)30-19)20(27)24-17-7-6-15-10-12-26(3)13-11-16(15)14-17/h6-9,14H,4-5,10-13H2,1-3H3,(H,24,27)(H,25,28). The Labute approximate surface area is 186 Å². The average Bonchev–Trinajstić information content (AvgIpc) is 3.04. The van der Waals surface area contributed by atoms with Crippen LogP contribution >= 0.6 is 22.9 Å². The molecule has 0 fully saturated rings. The van der Waals surface area contributed by atoms with Gasteiger partial charge in [0.15, 0.2) is 5.06 Å². The number of likely N-dealkylation sites (N-methyl/N-ethyl adjacent to an activating group) is 1. The molecule has 0 radical (unpaired) electrons. The first-order valence-electron chi connectivity index (χ1n) is 10.2. The number of nitrogens with one attached hydrogen (secondary N) is 2. The molecule has 1 aliphatic rings. The molecular weight excluding hydrogens is 422 g/mol. The van der Waals surface area contributed by atoms with E-state index in [1.54, 1.807) is 12.1 Å².